The molecule has 0 unspecified atom stereocenters. The molecular weight excluding hydrogens is 475 g/mol. The van der Waals surface area contributed by atoms with E-state index in [9.17, 15) is 22.8 Å². The Kier molecular flexibility index (Phi) is 7.85. The molecule has 0 radical (unpaired) electrons. The maximum Gasteiger partial charge on any atom is 0.416 e. The summed E-state index contributed by atoms with van der Waals surface area (Å²) in [6.45, 7) is 3.68. The van der Waals surface area contributed by atoms with Crippen molar-refractivity contribution in [2.24, 2.45) is 0 Å². The summed E-state index contributed by atoms with van der Waals surface area (Å²) in [5.41, 5.74) is 1.06. The second-order valence-electron chi connectivity index (χ2n) is 9.32. The molecule has 2 heterocycles. The van der Waals surface area contributed by atoms with E-state index < -0.39 is 17.3 Å². The monoisotopic (exact) mass is 505 g/mol. The third-order valence-electron chi connectivity index (χ3n) is 6.68. The van der Waals surface area contributed by atoms with Crippen molar-refractivity contribution >= 4 is 12.0 Å². The van der Waals surface area contributed by atoms with E-state index in [4.69, 9.17) is 9.47 Å². The van der Waals surface area contributed by atoms with Gasteiger partial charge in [-0.25, -0.2) is 4.79 Å². The fourth-order valence-electron chi connectivity index (χ4n) is 4.60. The third kappa shape index (κ3) is 6.36. The number of carbonyl (C=O) groups is 2. The predicted molar refractivity (Wildman–Crippen MR) is 126 cm³/mol. The first-order valence-electron chi connectivity index (χ1n) is 11.9. The van der Waals surface area contributed by atoms with Crippen molar-refractivity contribution in [2.45, 2.75) is 37.7 Å². The molecule has 0 bridgehead atoms. The van der Waals surface area contributed by atoms with E-state index in [0.29, 0.717) is 64.3 Å². The summed E-state index contributed by atoms with van der Waals surface area (Å²) in [6.07, 6.45) is -3.37. The van der Waals surface area contributed by atoms with Gasteiger partial charge in [0.25, 0.3) is 5.91 Å². The van der Waals surface area contributed by atoms with Crippen LogP contribution >= 0.6 is 0 Å². The van der Waals surface area contributed by atoms with Gasteiger partial charge in [0.15, 0.2) is 0 Å². The minimum absolute atomic E-state index is 0.179. The molecule has 2 amide bonds. The maximum absolute atomic E-state index is 12.8. The lowest BCUT2D eigenvalue weighted by molar-refractivity contribution is -0.137. The molecule has 194 valence electrons. The van der Waals surface area contributed by atoms with E-state index in [1.165, 1.54) is 12.1 Å². The fraction of sp³-hybridized carbons (Fsp3) is 0.462. The van der Waals surface area contributed by atoms with Crippen LogP contribution in [0, 0.1) is 0 Å². The topological polar surface area (TPSA) is 71.1 Å². The van der Waals surface area contributed by atoms with Gasteiger partial charge in [0.1, 0.15) is 5.60 Å². The number of hydrogen-bond donors (Lipinski definition) is 1. The summed E-state index contributed by atoms with van der Waals surface area (Å²) in [4.78, 5) is 28.6. The first kappa shape index (κ1) is 26.0. The molecule has 36 heavy (non-hydrogen) atoms. The molecule has 2 fully saturated rings. The lowest BCUT2D eigenvalue weighted by Crippen LogP contribution is -2.46. The molecule has 10 heteroatoms. The van der Waals surface area contributed by atoms with Crippen molar-refractivity contribution < 1.29 is 32.2 Å². The molecule has 4 rings (SSSR count). The Labute approximate surface area is 208 Å². The third-order valence-corrected chi connectivity index (χ3v) is 6.68. The number of rotatable bonds is 8. The molecule has 0 aliphatic carbocycles. The van der Waals surface area contributed by atoms with Gasteiger partial charge in [-0.2, -0.15) is 13.2 Å². The second kappa shape index (κ2) is 10.9. The molecule has 0 saturated carbocycles. The van der Waals surface area contributed by atoms with Crippen LogP contribution in [0.1, 0.15) is 39.9 Å². The zero-order chi connectivity index (χ0) is 25.8. The Hall–Kier alpha value is -3.11. The highest BCUT2D eigenvalue weighted by Gasteiger charge is 2.46. The first-order valence-corrected chi connectivity index (χ1v) is 11.9. The highest BCUT2D eigenvalue weighted by Crippen LogP contribution is 2.35. The average molecular weight is 506 g/mol. The van der Waals surface area contributed by atoms with Crippen LogP contribution in [-0.4, -0.2) is 67.3 Å². The fourth-order valence-corrected chi connectivity index (χ4v) is 4.60. The first-order chi connectivity index (χ1) is 17.2. The van der Waals surface area contributed by atoms with Crippen LogP contribution in [0.15, 0.2) is 48.5 Å². The van der Waals surface area contributed by atoms with Gasteiger partial charge < -0.3 is 14.8 Å². The van der Waals surface area contributed by atoms with Crippen LogP contribution in [0.5, 0.6) is 0 Å². The van der Waals surface area contributed by atoms with Gasteiger partial charge in [-0.15, -0.1) is 0 Å². The van der Waals surface area contributed by atoms with Crippen LogP contribution in [0.3, 0.4) is 0 Å². The minimum atomic E-state index is -4.34. The lowest BCUT2D eigenvalue weighted by atomic mass is 9.91. The molecule has 1 N–H and O–H groups in total. The summed E-state index contributed by atoms with van der Waals surface area (Å²) in [5.74, 6) is -0.179. The van der Waals surface area contributed by atoms with Gasteiger partial charge >= 0.3 is 12.3 Å². The Morgan fingerprint density at radius 2 is 1.64 bits per heavy atom. The molecule has 2 saturated heterocycles. The zero-order valence-corrected chi connectivity index (χ0v) is 20.1. The molecule has 2 aromatic rings. The van der Waals surface area contributed by atoms with E-state index in [-0.39, 0.29) is 12.0 Å². The largest absolute Gasteiger partial charge is 0.441 e. The minimum Gasteiger partial charge on any atom is -0.441 e. The molecule has 1 spiro atoms. The second-order valence-corrected chi connectivity index (χ2v) is 9.32. The van der Waals surface area contributed by atoms with Gasteiger partial charge in [-0.1, -0.05) is 24.3 Å². The van der Waals surface area contributed by atoms with Crippen molar-refractivity contribution in [3.05, 3.63) is 70.8 Å². The lowest BCUT2D eigenvalue weighted by Gasteiger charge is -2.37. The van der Waals surface area contributed by atoms with Gasteiger partial charge in [0.05, 0.1) is 18.7 Å². The number of piperidine rings is 1. The smallest absolute Gasteiger partial charge is 0.416 e. The number of ether oxygens (including phenoxy) is 2. The number of halogens is 3. The van der Waals surface area contributed by atoms with Crippen molar-refractivity contribution in [1.82, 2.24) is 15.1 Å². The van der Waals surface area contributed by atoms with Crippen molar-refractivity contribution in [3.63, 3.8) is 0 Å². The number of hydrogen-bond acceptors (Lipinski definition) is 5. The molecule has 0 aromatic heterocycles. The van der Waals surface area contributed by atoms with Crippen molar-refractivity contribution in [1.29, 1.82) is 0 Å². The van der Waals surface area contributed by atoms with E-state index in [1.54, 1.807) is 24.1 Å². The van der Waals surface area contributed by atoms with Crippen molar-refractivity contribution in [2.75, 3.05) is 39.9 Å². The number of methoxy groups -OCH3 is 1. The summed E-state index contributed by atoms with van der Waals surface area (Å²) in [5, 5.41) is 2.77. The van der Waals surface area contributed by atoms with Crippen LogP contribution in [-0.2, 0) is 28.7 Å². The van der Waals surface area contributed by atoms with Gasteiger partial charge in [0, 0.05) is 58.2 Å². The number of benzene rings is 2. The van der Waals surface area contributed by atoms with Crippen molar-refractivity contribution in [3.8, 4) is 0 Å². The number of alkyl halides is 3. The Morgan fingerprint density at radius 1 is 1.03 bits per heavy atom. The number of likely N-dealkylation sites (tertiary alicyclic amines) is 1. The SMILES string of the molecule is COCCNC(=O)c1ccc(CN2CC3(CCN(Cc4ccc(C(F)(F)F)cc4)CC3)OC2=O)cc1. The van der Waals surface area contributed by atoms with E-state index in [0.717, 1.165) is 23.3 Å². The van der Waals surface area contributed by atoms with E-state index in [2.05, 4.69) is 10.2 Å². The summed E-state index contributed by atoms with van der Waals surface area (Å²) in [7, 11) is 1.57. The van der Waals surface area contributed by atoms with Gasteiger partial charge in [0.2, 0.25) is 0 Å². The number of nitrogens with one attached hydrogen (secondary N) is 1. The van der Waals surface area contributed by atoms with Crippen LogP contribution < -0.4 is 5.32 Å². The normalized spacial score (nSPS) is 17.9. The molecule has 2 aliphatic rings. The Bertz CT molecular complexity index is 1050. The number of nitrogens with zero attached hydrogens (tertiary/aromatic N) is 2. The molecule has 0 atom stereocenters. The van der Waals surface area contributed by atoms with Gasteiger partial charge in [-0.05, 0) is 35.4 Å². The average Bonchev–Trinajstić information content (AvgIpc) is 3.15. The molecule has 2 aromatic carbocycles. The molecule has 2 aliphatic heterocycles. The van der Waals surface area contributed by atoms with Crippen LogP contribution in [0.2, 0.25) is 0 Å². The number of carbonyl (C=O) groups excluding carboxylic acids is 2. The molecule has 7 nitrogen and oxygen atoms in total. The summed E-state index contributed by atoms with van der Waals surface area (Å²) >= 11 is 0. The predicted octanol–water partition coefficient (Wildman–Crippen LogP) is 4.07. The standard InChI is InChI=1S/C26H30F3N3O4/c1-35-15-12-30-23(33)21-6-2-20(3-7-21)17-32-18-25(36-24(32)34)10-13-31(14-11-25)16-19-4-8-22(9-5-19)26(27,28)29/h2-9H,10-18H2,1H3,(H,30,33). The van der Waals surface area contributed by atoms with Gasteiger partial charge in [-0.3, -0.25) is 14.6 Å². The van der Waals surface area contributed by atoms with Crippen LogP contribution in [0.4, 0.5) is 18.0 Å². The highest BCUT2D eigenvalue weighted by atomic mass is 19.4. The maximum atomic E-state index is 12.8. The zero-order valence-electron chi connectivity index (χ0n) is 20.1. The summed E-state index contributed by atoms with van der Waals surface area (Å²) < 4.78 is 49.1. The number of amides is 2. The van der Waals surface area contributed by atoms with E-state index >= 15 is 0 Å². The Morgan fingerprint density at radius 3 is 2.25 bits per heavy atom. The quantitative estimate of drug-likeness (QED) is 0.548. The molecular formula is C26H30F3N3O4. The summed E-state index contributed by atoms with van der Waals surface area (Å²) in [6, 6.07) is 12.4. The van der Waals surface area contributed by atoms with E-state index in [1.807, 2.05) is 12.1 Å². The van der Waals surface area contributed by atoms with Crippen LogP contribution in [0.25, 0.3) is 0 Å². The highest BCUT2D eigenvalue weighted by molar-refractivity contribution is 5.94. The Balaban J connectivity index is 1.27.